The van der Waals surface area contributed by atoms with Crippen molar-refractivity contribution in [2.75, 3.05) is 13.9 Å². The third-order valence-electron chi connectivity index (χ3n) is 4.60. The Kier molecular flexibility index (Phi) is 3.69. The van der Waals surface area contributed by atoms with Gasteiger partial charge in [0.2, 0.25) is 18.1 Å². The summed E-state index contributed by atoms with van der Waals surface area (Å²) in [5, 5.41) is 23.8. The first-order valence-electron chi connectivity index (χ1n) is 7.76. The SMILES string of the molecule is COc1ccc2cc3c4c5c(c(O)cc4cc[n+]3cc2c1O)OCO5.[Br-]. The lowest BCUT2D eigenvalue weighted by Crippen LogP contribution is -3.00. The van der Waals surface area contributed by atoms with Gasteiger partial charge in [0.25, 0.3) is 0 Å². The van der Waals surface area contributed by atoms with Crippen molar-refractivity contribution in [2.24, 2.45) is 0 Å². The number of pyridine rings is 2. The Labute approximate surface area is 158 Å². The highest BCUT2D eigenvalue weighted by Crippen LogP contribution is 2.47. The molecule has 0 bridgehead atoms. The van der Waals surface area contributed by atoms with Crippen molar-refractivity contribution >= 4 is 27.1 Å². The number of ether oxygens (including phenoxy) is 3. The largest absolute Gasteiger partial charge is 1.00 e. The van der Waals surface area contributed by atoms with Gasteiger partial charge in [-0.3, -0.25) is 0 Å². The molecule has 132 valence electrons. The number of aromatic hydroxyl groups is 2. The highest BCUT2D eigenvalue weighted by atomic mass is 79.9. The number of rotatable bonds is 1. The minimum absolute atomic E-state index is 0. The van der Waals surface area contributed by atoms with Gasteiger partial charge in [-0.25, -0.2) is 0 Å². The fraction of sp³-hybridized carbons (Fsp3) is 0.105. The van der Waals surface area contributed by atoms with Crippen molar-refractivity contribution in [3.05, 3.63) is 42.7 Å². The molecule has 0 fully saturated rings. The fourth-order valence-corrected chi connectivity index (χ4v) is 3.41. The van der Waals surface area contributed by atoms with Crippen LogP contribution in [0.1, 0.15) is 0 Å². The molecule has 5 rings (SSSR count). The van der Waals surface area contributed by atoms with Gasteiger partial charge in [-0.1, -0.05) is 0 Å². The molecule has 0 unspecified atom stereocenters. The van der Waals surface area contributed by atoms with Gasteiger partial charge in [0, 0.05) is 17.5 Å². The standard InChI is InChI=1S/C19H13NO5.BrH/c1-23-15-3-2-10-6-13-16-11(4-5-20(13)8-12(10)17(15)22)7-14(21)18-19(16)25-9-24-18;/h2-8H,9H2,1H3,(H,21,22);1H. The Hall–Kier alpha value is -2.93. The van der Waals surface area contributed by atoms with E-state index in [0.717, 1.165) is 21.7 Å². The number of methoxy groups -OCH3 is 1. The highest BCUT2D eigenvalue weighted by molar-refractivity contribution is 6.04. The molecule has 4 aromatic rings. The normalized spacial score (nSPS) is 12.5. The Morgan fingerprint density at radius 1 is 1.04 bits per heavy atom. The van der Waals surface area contributed by atoms with Gasteiger partial charge in [-0.15, -0.1) is 0 Å². The molecule has 0 radical (unpaired) electrons. The van der Waals surface area contributed by atoms with E-state index in [1.54, 1.807) is 12.1 Å². The summed E-state index contributed by atoms with van der Waals surface area (Å²) in [6.45, 7) is 0.0780. The summed E-state index contributed by atoms with van der Waals surface area (Å²) >= 11 is 0. The summed E-state index contributed by atoms with van der Waals surface area (Å²) in [4.78, 5) is 0. The van der Waals surface area contributed by atoms with Crippen LogP contribution in [0.4, 0.5) is 0 Å². The number of hydrogen-bond donors (Lipinski definition) is 2. The van der Waals surface area contributed by atoms with Crippen LogP contribution < -0.4 is 35.6 Å². The van der Waals surface area contributed by atoms with Gasteiger partial charge in [0.1, 0.15) is 5.39 Å². The van der Waals surface area contributed by atoms with Gasteiger partial charge in [-0.2, -0.15) is 4.40 Å². The van der Waals surface area contributed by atoms with Crippen LogP contribution in [0.2, 0.25) is 0 Å². The lowest BCUT2D eigenvalue weighted by molar-refractivity contribution is -0.509. The predicted octanol–water partition coefficient (Wildman–Crippen LogP) is -0.116. The molecule has 0 aliphatic carbocycles. The molecule has 0 atom stereocenters. The van der Waals surface area contributed by atoms with E-state index >= 15 is 0 Å². The fourth-order valence-electron chi connectivity index (χ4n) is 3.41. The van der Waals surface area contributed by atoms with Crippen molar-refractivity contribution in [2.45, 2.75) is 0 Å². The Morgan fingerprint density at radius 2 is 1.85 bits per heavy atom. The van der Waals surface area contributed by atoms with Crippen LogP contribution in [0.15, 0.2) is 42.7 Å². The number of benzene rings is 2. The minimum atomic E-state index is 0. The van der Waals surface area contributed by atoms with Crippen LogP contribution in [0.3, 0.4) is 0 Å². The Morgan fingerprint density at radius 3 is 2.65 bits per heavy atom. The van der Waals surface area contributed by atoms with Crippen LogP contribution in [-0.2, 0) is 0 Å². The molecule has 0 amide bonds. The third kappa shape index (κ3) is 2.13. The van der Waals surface area contributed by atoms with E-state index in [9.17, 15) is 10.2 Å². The lowest BCUT2D eigenvalue weighted by atomic mass is 10.1. The maximum absolute atomic E-state index is 10.4. The summed E-state index contributed by atoms with van der Waals surface area (Å²) in [5.74, 6) is 1.48. The molecule has 0 saturated heterocycles. The van der Waals surface area contributed by atoms with Crippen LogP contribution in [0, 0.1) is 0 Å². The van der Waals surface area contributed by atoms with E-state index in [0.29, 0.717) is 22.6 Å². The second-order valence-corrected chi connectivity index (χ2v) is 5.93. The van der Waals surface area contributed by atoms with Crippen molar-refractivity contribution in [3.8, 4) is 28.7 Å². The summed E-state index contributed by atoms with van der Waals surface area (Å²) in [7, 11) is 1.52. The number of hydrogen-bond acceptors (Lipinski definition) is 5. The zero-order valence-electron chi connectivity index (χ0n) is 13.7. The summed E-state index contributed by atoms with van der Waals surface area (Å²) < 4.78 is 18.1. The van der Waals surface area contributed by atoms with Crippen LogP contribution >= 0.6 is 0 Å². The van der Waals surface area contributed by atoms with E-state index in [1.165, 1.54) is 7.11 Å². The zero-order chi connectivity index (χ0) is 17.1. The number of aromatic nitrogens is 1. The van der Waals surface area contributed by atoms with Gasteiger partial charge in [0.05, 0.1) is 12.5 Å². The average Bonchev–Trinajstić information content (AvgIpc) is 3.11. The monoisotopic (exact) mass is 415 g/mol. The first kappa shape index (κ1) is 16.5. The first-order chi connectivity index (χ1) is 12.2. The predicted molar refractivity (Wildman–Crippen MR) is 90.6 cm³/mol. The average molecular weight is 416 g/mol. The number of nitrogens with zero attached hydrogens (tertiary/aromatic N) is 1. The van der Waals surface area contributed by atoms with E-state index in [-0.39, 0.29) is 35.3 Å². The molecule has 26 heavy (non-hydrogen) atoms. The molecule has 2 aromatic carbocycles. The maximum atomic E-state index is 10.4. The topological polar surface area (TPSA) is 72.3 Å². The van der Waals surface area contributed by atoms with Crippen LogP contribution in [0.25, 0.3) is 27.1 Å². The smallest absolute Gasteiger partial charge is 0.231 e. The van der Waals surface area contributed by atoms with E-state index in [2.05, 4.69) is 0 Å². The first-order valence-corrected chi connectivity index (χ1v) is 7.76. The van der Waals surface area contributed by atoms with Gasteiger partial charge >= 0.3 is 0 Å². The van der Waals surface area contributed by atoms with Crippen molar-refractivity contribution in [1.29, 1.82) is 0 Å². The maximum Gasteiger partial charge on any atom is 0.231 e. The summed E-state index contributed by atoms with van der Waals surface area (Å²) in [6, 6.07) is 9.14. The summed E-state index contributed by atoms with van der Waals surface area (Å²) in [6.07, 6.45) is 3.72. The minimum Gasteiger partial charge on any atom is -1.00 e. The van der Waals surface area contributed by atoms with Crippen molar-refractivity contribution in [3.63, 3.8) is 0 Å². The highest BCUT2D eigenvalue weighted by Gasteiger charge is 2.26. The van der Waals surface area contributed by atoms with E-state index < -0.39 is 0 Å². The number of halogens is 1. The molecule has 1 aliphatic heterocycles. The molecule has 2 aromatic heterocycles. The molecular weight excluding hydrogens is 402 g/mol. The molecule has 1 aliphatic rings. The molecular formula is C19H14BrNO5. The van der Waals surface area contributed by atoms with Gasteiger partial charge < -0.3 is 41.4 Å². The summed E-state index contributed by atoms with van der Waals surface area (Å²) in [5.41, 5.74) is 0.885. The molecule has 7 heteroatoms. The molecule has 2 N–H and O–H groups in total. The molecule has 6 nitrogen and oxygen atoms in total. The second-order valence-electron chi connectivity index (χ2n) is 5.93. The van der Waals surface area contributed by atoms with Crippen LogP contribution in [0.5, 0.6) is 28.7 Å². The van der Waals surface area contributed by atoms with Gasteiger partial charge in [-0.05, 0) is 23.6 Å². The Balaban J connectivity index is 0.00000168. The van der Waals surface area contributed by atoms with Gasteiger partial charge in [0.15, 0.2) is 35.4 Å². The van der Waals surface area contributed by atoms with Crippen LogP contribution in [-0.4, -0.2) is 24.1 Å². The number of phenols is 2. The van der Waals surface area contributed by atoms with Crippen molar-refractivity contribution < 1.29 is 45.8 Å². The molecule has 0 spiro atoms. The Bertz CT molecular complexity index is 1190. The van der Waals surface area contributed by atoms with Crippen molar-refractivity contribution in [1.82, 2.24) is 0 Å². The zero-order valence-corrected chi connectivity index (χ0v) is 15.3. The molecule has 0 saturated carbocycles. The van der Waals surface area contributed by atoms with E-state index in [4.69, 9.17) is 14.2 Å². The molecule has 3 heterocycles. The lowest BCUT2D eigenvalue weighted by Gasteiger charge is -2.08. The third-order valence-corrected chi connectivity index (χ3v) is 4.60. The second kappa shape index (κ2) is 5.81. The quantitative estimate of drug-likeness (QED) is 0.257. The number of fused-ring (bicyclic) bond motifs is 6. The number of phenolic OH excluding ortho intramolecular Hbond substituents is 2. The van der Waals surface area contributed by atoms with E-state index in [1.807, 2.05) is 35.0 Å².